The van der Waals surface area contributed by atoms with Crippen molar-refractivity contribution in [2.75, 3.05) is 52.2 Å². The molecular formula is C26H38N2O5S. The highest BCUT2D eigenvalue weighted by Gasteiger charge is 2.65. The van der Waals surface area contributed by atoms with Crippen LogP contribution in [0.15, 0.2) is 36.9 Å². The standard InChI is InChI=1S/C26H38N2O5S/c1-5-15-33-23(20-7-6-8-22(16-20)32-4)18-27-11-13-28(14-12-27)34(30,31)19-26-10-9-21(17-24(26)29)25(26,2)3/h5-8,16,21,23H,1,9-15,17-19H2,2-4H3/t21-,23?,26-/m0/s1. The number of ether oxygens (including phenoxy) is 2. The van der Waals surface area contributed by atoms with Crippen LogP contribution in [-0.2, 0) is 19.6 Å². The van der Waals surface area contributed by atoms with Crippen molar-refractivity contribution in [3.63, 3.8) is 0 Å². The fourth-order valence-corrected chi connectivity index (χ4v) is 8.42. The Morgan fingerprint density at radius 3 is 2.56 bits per heavy atom. The molecule has 1 unspecified atom stereocenters. The molecule has 1 heterocycles. The van der Waals surface area contributed by atoms with Gasteiger partial charge in [-0.3, -0.25) is 9.69 Å². The van der Waals surface area contributed by atoms with Crippen molar-refractivity contribution in [1.82, 2.24) is 9.21 Å². The SMILES string of the molecule is C=CCOC(CN1CCN(S(=O)(=O)C[C@@]23CC[C@@H](CC2=O)C3(C)C)CC1)c1cccc(OC)c1. The molecule has 1 aromatic carbocycles. The molecule has 34 heavy (non-hydrogen) atoms. The van der Waals surface area contributed by atoms with Gasteiger partial charge in [0.1, 0.15) is 11.5 Å². The molecule has 1 aromatic rings. The maximum Gasteiger partial charge on any atom is 0.215 e. The Hall–Kier alpha value is -1.74. The first-order valence-electron chi connectivity index (χ1n) is 12.2. The monoisotopic (exact) mass is 490 g/mol. The number of nitrogens with zero attached hydrogens (tertiary/aromatic N) is 2. The zero-order chi connectivity index (χ0) is 24.6. The van der Waals surface area contributed by atoms with E-state index in [4.69, 9.17) is 9.47 Å². The topological polar surface area (TPSA) is 76.2 Å². The van der Waals surface area contributed by atoms with Gasteiger partial charge in [-0.25, -0.2) is 8.42 Å². The number of fused-ring (bicyclic) bond motifs is 2. The molecule has 0 amide bonds. The van der Waals surface area contributed by atoms with Gasteiger partial charge in [0, 0.05) is 44.6 Å². The number of hydrogen-bond acceptors (Lipinski definition) is 6. The van der Waals surface area contributed by atoms with Crippen LogP contribution in [0.3, 0.4) is 0 Å². The highest BCUT2D eigenvalue weighted by atomic mass is 32.2. The summed E-state index contributed by atoms with van der Waals surface area (Å²) in [5.74, 6) is 1.20. The Bertz CT molecular complexity index is 1020. The van der Waals surface area contributed by atoms with Crippen LogP contribution in [0.5, 0.6) is 5.75 Å². The number of sulfonamides is 1. The molecule has 8 heteroatoms. The Labute approximate surface area is 204 Å². The lowest BCUT2D eigenvalue weighted by atomic mass is 9.70. The summed E-state index contributed by atoms with van der Waals surface area (Å²) in [6.07, 6.45) is 3.76. The first kappa shape index (κ1) is 25.4. The summed E-state index contributed by atoms with van der Waals surface area (Å²) in [6, 6.07) is 7.84. The van der Waals surface area contributed by atoms with Crippen LogP contribution in [-0.4, -0.2) is 75.6 Å². The van der Waals surface area contributed by atoms with Gasteiger partial charge in [-0.15, -0.1) is 6.58 Å². The number of Topliss-reactive ketones (excluding diaryl/α,β-unsaturated/α-hetero) is 1. The van der Waals surface area contributed by atoms with Gasteiger partial charge in [-0.1, -0.05) is 32.1 Å². The Morgan fingerprint density at radius 2 is 1.97 bits per heavy atom. The fourth-order valence-electron chi connectivity index (χ4n) is 6.22. The van der Waals surface area contributed by atoms with Crippen LogP contribution in [0.2, 0.25) is 0 Å². The van der Waals surface area contributed by atoms with E-state index in [1.165, 1.54) is 0 Å². The van der Waals surface area contributed by atoms with E-state index in [-0.39, 0.29) is 23.1 Å². The quantitative estimate of drug-likeness (QED) is 0.469. The number of ketones is 1. The number of piperazine rings is 1. The normalized spacial score (nSPS) is 28.2. The Balaban J connectivity index is 1.40. The van der Waals surface area contributed by atoms with Gasteiger partial charge in [-0.05, 0) is 41.9 Å². The average Bonchev–Trinajstić information content (AvgIpc) is 3.16. The summed E-state index contributed by atoms with van der Waals surface area (Å²) in [5, 5.41) is 0. The van der Waals surface area contributed by atoms with Gasteiger partial charge in [0.2, 0.25) is 10.0 Å². The predicted molar refractivity (Wildman–Crippen MR) is 132 cm³/mol. The van der Waals surface area contributed by atoms with E-state index in [0.717, 1.165) is 17.7 Å². The van der Waals surface area contributed by atoms with Gasteiger partial charge >= 0.3 is 0 Å². The summed E-state index contributed by atoms with van der Waals surface area (Å²) in [7, 11) is -1.87. The second-order valence-electron chi connectivity index (χ2n) is 10.5. The van der Waals surface area contributed by atoms with E-state index in [1.807, 2.05) is 24.3 Å². The molecule has 4 rings (SSSR count). The lowest BCUT2D eigenvalue weighted by Crippen LogP contribution is -2.53. The van der Waals surface area contributed by atoms with E-state index in [0.29, 0.717) is 58.1 Å². The summed E-state index contributed by atoms with van der Waals surface area (Å²) in [5.41, 5.74) is 0.0582. The smallest absolute Gasteiger partial charge is 0.215 e. The second kappa shape index (κ2) is 9.72. The van der Waals surface area contributed by atoms with E-state index in [2.05, 4.69) is 25.3 Å². The number of hydrogen-bond donors (Lipinski definition) is 0. The summed E-state index contributed by atoms with van der Waals surface area (Å²) < 4.78 is 39.9. The van der Waals surface area contributed by atoms with Gasteiger partial charge in [0.05, 0.1) is 25.6 Å². The van der Waals surface area contributed by atoms with Crippen LogP contribution in [0, 0.1) is 16.7 Å². The van der Waals surface area contributed by atoms with Crippen LogP contribution < -0.4 is 4.74 Å². The van der Waals surface area contributed by atoms with Crippen LogP contribution in [0.4, 0.5) is 0 Å². The minimum Gasteiger partial charge on any atom is -0.497 e. The Kier molecular flexibility index (Phi) is 7.25. The van der Waals surface area contributed by atoms with Crippen molar-refractivity contribution >= 4 is 15.8 Å². The largest absolute Gasteiger partial charge is 0.497 e. The first-order chi connectivity index (χ1) is 16.1. The number of benzene rings is 1. The highest BCUT2D eigenvalue weighted by molar-refractivity contribution is 7.89. The minimum atomic E-state index is -3.52. The van der Waals surface area contributed by atoms with Gasteiger partial charge in [0.25, 0.3) is 0 Å². The summed E-state index contributed by atoms with van der Waals surface area (Å²) in [4.78, 5) is 15.1. The second-order valence-corrected chi connectivity index (χ2v) is 12.5. The van der Waals surface area contributed by atoms with Gasteiger partial charge < -0.3 is 9.47 Å². The number of carbonyl (C=O) groups excluding carboxylic acids is 1. The zero-order valence-electron chi connectivity index (χ0n) is 20.7. The molecule has 3 fully saturated rings. The third-order valence-electron chi connectivity index (χ3n) is 8.60. The van der Waals surface area contributed by atoms with Crippen LogP contribution >= 0.6 is 0 Å². The van der Waals surface area contributed by atoms with E-state index < -0.39 is 15.4 Å². The van der Waals surface area contributed by atoms with E-state index in [9.17, 15) is 13.2 Å². The number of carbonyl (C=O) groups is 1. The molecule has 0 aromatic heterocycles. The molecule has 0 radical (unpaired) electrons. The molecule has 2 aliphatic carbocycles. The fraction of sp³-hybridized carbons (Fsp3) is 0.654. The molecule has 2 saturated carbocycles. The lowest BCUT2D eigenvalue weighted by Gasteiger charge is -2.40. The maximum absolute atomic E-state index is 13.4. The molecule has 188 valence electrons. The number of rotatable bonds is 10. The summed E-state index contributed by atoms with van der Waals surface area (Å²) in [6.45, 7) is 11.1. The van der Waals surface area contributed by atoms with Crippen molar-refractivity contribution in [3.8, 4) is 5.75 Å². The van der Waals surface area contributed by atoms with Crippen molar-refractivity contribution in [2.24, 2.45) is 16.7 Å². The van der Waals surface area contributed by atoms with E-state index in [1.54, 1.807) is 17.5 Å². The molecule has 0 spiro atoms. The van der Waals surface area contributed by atoms with Crippen LogP contribution in [0.1, 0.15) is 44.8 Å². The van der Waals surface area contributed by atoms with Gasteiger partial charge in [0.15, 0.2) is 0 Å². The third kappa shape index (κ3) is 4.57. The first-order valence-corrected chi connectivity index (χ1v) is 13.8. The number of methoxy groups -OCH3 is 1. The lowest BCUT2D eigenvalue weighted by molar-refractivity contribution is -0.128. The van der Waals surface area contributed by atoms with Crippen molar-refractivity contribution < 1.29 is 22.7 Å². The third-order valence-corrected chi connectivity index (χ3v) is 10.6. The molecule has 1 saturated heterocycles. The molecule has 7 nitrogen and oxygen atoms in total. The minimum absolute atomic E-state index is 0.0444. The molecular weight excluding hydrogens is 452 g/mol. The maximum atomic E-state index is 13.4. The van der Waals surface area contributed by atoms with Crippen molar-refractivity contribution in [3.05, 3.63) is 42.5 Å². The molecule has 3 atom stereocenters. The van der Waals surface area contributed by atoms with E-state index >= 15 is 0 Å². The molecule has 0 N–H and O–H groups in total. The molecule has 3 aliphatic rings. The van der Waals surface area contributed by atoms with Crippen molar-refractivity contribution in [2.45, 2.75) is 39.2 Å². The predicted octanol–water partition coefficient (Wildman–Crippen LogP) is 3.28. The van der Waals surface area contributed by atoms with Crippen molar-refractivity contribution in [1.29, 1.82) is 0 Å². The Morgan fingerprint density at radius 1 is 1.24 bits per heavy atom. The zero-order valence-corrected chi connectivity index (χ0v) is 21.5. The molecule has 2 bridgehead atoms. The summed E-state index contributed by atoms with van der Waals surface area (Å²) >= 11 is 0. The average molecular weight is 491 g/mol. The van der Waals surface area contributed by atoms with Gasteiger partial charge in [-0.2, -0.15) is 4.31 Å². The highest BCUT2D eigenvalue weighted by Crippen LogP contribution is 2.64. The molecule has 1 aliphatic heterocycles. The van der Waals surface area contributed by atoms with Crippen LogP contribution in [0.25, 0.3) is 0 Å².